The fourth-order valence-corrected chi connectivity index (χ4v) is 1.09. The molecule has 1 aliphatic rings. The average molecular weight is 221 g/mol. The Morgan fingerprint density at radius 3 is 1.53 bits per heavy atom. The summed E-state index contributed by atoms with van der Waals surface area (Å²) >= 11 is 0. The van der Waals surface area contributed by atoms with Crippen LogP contribution in [0.4, 0.5) is 0 Å². The monoisotopic (exact) mass is 221 g/mol. The van der Waals surface area contributed by atoms with E-state index in [1.54, 1.807) is 21.3 Å². The van der Waals surface area contributed by atoms with E-state index < -0.39 is 0 Å². The minimum Gasteiger partial charge on any atom is -0.388 e. The Bertz CT molecular complexity index is 89.7. The Balaban J connectivity index is -0.000000176. The van der Waals surface area contributed by atoms with E-state index in [1.807, 2.05) is 27.7 Å². The summed E-state index contributed by atoms with van der Waals surface area (Å²) in [5, 5.41) is 0. The van der Waals surface area contributed by atoms with Crippen LogP contribution < -0.4 is 0 Å². The Kier molecular flexibility index (Phi) is 26.3. The fraction of sp³-hybridized carbons (Fsp3) is 1.00. The van der Waals surface area contributed by atoms with Gasteiger partial charge in [-0.3, -0.25) is 0 Å². The molecular weight excluding hydrogens is 190 g/mol. The van der Waals surface area contributed by atoms with Gasteiger partial charge in [0, 0.05) is 34.4 Å². The van der Waals surface area contributed by atoms with Gasteiger partial charge in [0.25, 0.3) is 0 Å². The summed E-state index contributed by atoms with van der Waals surface area (Å²) in [6, 6.07) is 0. The SMILES string of the molecule is CC.CC.COC.COC1CCN(C)C1. The summed E-state index contributed by atoms with van der Waals surface area (Å²) in [7, 11) is 7.16. The second-order valence-corrected chi connectivity index (χ2v) is 2.82. The molecule has 3 heteroatoms. The van der Waals surface area contributed by atoms with Crippen molar-refractivity contribution in [3.63, 3.8) is 0 Å². The lowest BCUT2D eigenvalue weighted by Crippen LogP contribution is -2.17. The van der Waals surface area contributed by atoms with Crippen molar-refractivity contribution in [2.45, 2.75) is 40.2 Å². The molecule has 0 N–H and O–H groups in total. The van der Waals surface area contributed by atoms with Crippen LogP contribution in [0.25, 0.3) is 0 Å². The van der Waals surface area contributed by atoms with Crippen LogP contribution in [0.5, 0.6) is 0 Å². The summed E-state index contributed by atoms with van der Waals surface area (Å²) in [6.07, 6.45) is 1.70. The van der Waals surface area contributed by atoms with E-state index in [-0.39, 0.29) is 0 Å². The van der Waals surface area contributed by atoms with E-state index in [1.165, 1.54) is 13.0 Å². The Morgan fingerprint density at radius 1 is 1.00 bits per heavy atom. The highest BCUT2D eigenvalue weighted by Gasteiger charge is 2.17. The molecule has 0 amide bonds. The first-order valence-corrected chi connectivity index (χ1v) is 5.86. The van der Waals surface area contributed by atoms with Crippen molar-refractivity contribution in [1.29, 1.82) is 0 Å². The van der Waals surface area contributed by atoms with Crippen molar-refractivity contribution in [2.24, 2.45) is 0 Å². The molecule has 0 aromatic carbocycles. The number of rotatable bonds is 1. The summed E-state index contributed by atoms with van der Waals surface area (Å²) in [6.45, 7) is 10.3. The van der Waals surface area contributed by atoms with Gasteiger partial charge in [-0.05, 0) is 13.5 Å². The lowest BCUT2D eigenvalue weighted by Gasteiger charge is -2.06. The molecule has 0 bridgehead atoms. The molecule has 0 spiro atoms. The van der Waals surface area contributed by atoms with Crippen molar-refractivity contribution in [1.82, 2.24) is 4.90 Å². The maximum atomic E-state index is 5.14. The molecule has 1 aliphatic heterocycles. The number of methoxy groups -OCH3 is 2. The van der Waals surface area contributed by atoms with Crippen LogP contribution in [-0.2, 0) is 9.47 Å². The van der Waals surface area contributed by atoms with Gasteiger partial charge in [0.1, 0.15) is 0 Å². The molecule has 1 rings (SSSR count). The second-order valence-electron chi connectivity index (χ2n) is 2.82. The number of likely N-dealkylation sites (tertiary alicyclic amines) is 1. The van der Waals surface area contributed by atoms with E-state index in [4.69, 9.17) is 4.74 Å². The van der Waals surface area contributed by atoms with Crippen molar-refractivity contribution < 1.29 is 9.47 Å². The van der Waals surface area contributed by atoms with Crippen molar-refractivity contribution >= 4 is 0 Å². The number of nitrogens with zero attached hydrogens (tertiary/aromatic N) is 1. The second kappa shape index (κ2) is 19.5. The summed E-state index contributed by atoms with van der Waals surface area (Å²) in [4.78, 5) is 2.29. The number of hydrogen-bond donors (Lipinski definition) is 0. The Hall–Kier alpha value is -0.120. The fourth-order valence-electron chi connectivity index (χ4n) is 1.09. The van der Waals surface area contributed by atoms with Crippen LogP contribution in [0.2, 0.25) is 0 Å². The molecular formula is C12H31NO2. The zero-order valence-corrected chi connectivity index (χ0v) is 12.0. The van der Waals surface area contributed by atoms with Gasteiger partial charge < -0.3 is 14.4 Å². The maximum absolute atomic E-state index is 5.14. The smallest absolute Gasteiger partial charge is 0.0710 e. The van der Waals surface area contributed by atoms with Gasteiger partial charge in [-0.1, -0.05) is 27.7 Å². The highest BCUT2D eigenvalue weighted by Crippen LogP contribution is 2.07. The third kappa shape index (κ3) is 16.5. The summed E-state index contributed by atoms with van der Waals surface area (Å²) in [5.74, 6) is 0. The van der Waals surface area contributed by atoms with E-state index in [9.17, 15) is 0 Å². The zero-order chi connectivity index (χ0) is 12.7. The van der Waals surface area contributed by atoms with Gasteiger partial charge in [-0.2, -0.15) is 0 Å². The first-order chi connectivity index (χ1) is 7.24. The van der Waals surface area contributed by atoms with Crippen LogP contribution in [0.3, 0.4) is 0 Å². The molecule has 1 fully saturated rings. The molecule has 0 saturated carbocycles. The zero-order valence-electron chi connectivity index (χ0n) is 12.0. The third-order valence-corrected chi connectivity index (χ3v) is 1.68. The van der Waals surface area contributed by atoms with Gasteiger partial charge in [0.2, 0.25) is 0 Å². The third-order valence-electron chi connectivity index (χ3n) is 1.68. The molecule has 3 nitrogen and oxygen atoms in total. The van der Waals surface area contributed by atoms with Crippen molar-refractivity contribution in [2.75, 3.05) is 41.5 Å². The molecule has 96 valence electrons. The molecule has 1 atom stereocenters. The molecule has 1 unspecified atom stereocenters. The molecule has 0 aromatic heterocycles. The van der Waals surface area contributed by atoms with Crippen LogP contribution in [0.15, 0.2) is 0 Å². The summed E-state index contributed by atoms with van der Waals surface area (Å²) in [5.41, 5.74) is 0. The minimum absolute atomic E-state index is 0.500. The normalized spacial score (nSPS) is 18.8. The van der Waals surface area contributed by atoms with Crippen LogP contribution in [-0.4, -0.2) is 52.5 Å². The lowest BCUT2D eigenvalue weighted by molar-refractivity contribution is 0.111. The Morgan fingerprint density at radius 2 is 1.40 bits per heavy atom. The average Bonchev–Trinajstić information content (AvgIpc) is 2.71. The van der Waals surface area contributed by atoms with Gasteiger partial charge in [-0.25, -0.2) is 0 Å². The van der Waals surface area contributed by atoms with Gasteiger partial charge in [0.15, 0.2) is 0 Å². The highest BCUT2D eigenvalue weighted by molar-refractivity contribution is 4.71. The van der Waals surface area contributed by atoms with Crippen molar-refractivity contribution in [3.8, 4) is 0 Å². The van der Waals surface area contributed by atoms with Crippen molar-refractivity contribution in [3.05, 3.63) is 0 Å². The van der Waals surface area contributed by atoms with E-state index in [0.29, 0.717) is 6.10 Å². The van der Waals surface area contributed by atoms with Gasteiger partial charge >= 0.3 is 0 Å². The maximum Gasteiger partial charge on any atom is 0.0710 e. The number of hydrogen-bond acceptors (Lipinski definition) is 3. The first kappa shape index (κ1) is 20.3. The van der Waals surface area contributed by atoms with Gasteiger partial charge in [-0.15, -0.1) is 0 Å². The van der Waals surface area contributed by atoms with Crippen LogP contribution in [0, 0.1) is 0 Å². The predicted octanol–water partition coefficient (Wildman–Crippen LogP) is 2.65. The minimum atomic E-state index is 0.500. The van der Waals surface area contributed by atoms with E-state index in [0.717, 1.165) is 6.54 Å². The largest absolute Gasteiger partial charge is 0.388 e. The highest BCUT2D eigenvalue weighted by atomic mass is 16.5. The first-order valence-electron chi connectivity index (χ1n) is 5.86. The molecule has 0 aromatic rings. The topological polar surface area (TPSA) is 21.7 Å². The van der Waals surface area contributed by atoms with Gasteiger partial charge in [0.05, 0.1) is 6.10 Å². The molecule has 0 radical (unpaired) electrons. The van der Waals surface area contributed by atoms with E-state index in [2.05, 4.69) is 16.7 Å². The van der Waals surface area contributed by atoms with Crippen LogP contribution >= 0.6 is 0 Å². The van der Waals surface area contributed by atoms with E-state index >= 15 is 0 Å². The Labute approximate surface area is 96.8 Å². The standard InChI is InChI=1S/C6H13NO.C2H6O.2C2H6/c1-7-4-3-6(5-7)8-2;1-3-2;2*1-2/h6H,3-5H2,1-2H3;1-2H3;2*1-2H3. The van der Waals surface area contributed by atoms with Crippen LogP contribution in [0.1, 0.15) is 34.1 Å². The number of ether oxygens (including phenoxy) is 2. The predicted molar refractivity (Wildman–Crippen MR) is 68.5 cm³/mol. The molecule has 0 aliphatic carbocycles. The lowest BCUT2D eigenvalue weighted by atomic mass is 10.3. The quantitative estimate of drug-likeness (QED) is 0.679. The number of likely N-dealkylation sites (N-methyl/N-ethyl adjacent to an activating group) is 1. The molecule has 15 heavy (non-hydrogen) atoms. The molecule has 1 heterocycles. The molecule has 1 saturated heterocycles. The summed E-state index contributed by atoms with van der Waals surface area (Å²) < 4.78 is 9.39.